The number of hydrogen-bond acceptors (Lipinski definition) is 1. The van der Waals surface area contributed by atoms with E-state index in [-0.39, 0.29) is 0 Å². The van der Waals surface area contributed by atoms with Gasteiger partial charge in [-0.2, -0.15) is 0 Å². The average Bonchev–Trinajstić information content (AvgIpc) is 2.67. The Balaban J connectivity index is 2.66. The van der Waals surface area contributed by atoms with Crippen LogP contribution in [0, 0.1) is 6.92 Å². The summed E-state index contributed by atoms with van der Waals surface area (Å²) >= 11 is 6.46. The molecule has 1 aromatic carbocycles. The number of carbonyl (C=O) groups is 1. The third-order valence-corrected chi connectivity index (χ3v) is 3.79. The van der Waals surface area contributed by atoms with Crippen molar-refractivity contribution < 1.29 is 9.90 Å². The van der Waals surface area contributed by atoms with E-state index in [1.807, 2.05) is 25.1 Å². The van der Waals surface area contributed by atoms with Gasteiger partial charge in [-0.25, -0.2) is 4.79 Å². The van der Waals surface area contributed by atoms with Crippen LogP contribution in [0.25, 0.3) is 17.0 Å². The van der Waals surface area contributed by atoms with Gasteiger partial charge >= 0.3 is 5.97 Å². The van der Waals surface area contributed by atoms with Crippen LogP contribution in [0.1, 0.15) is 30.9 Å². The van der Waals surface area contributed by atoms with Gasteiger partial charge in [0.15, 0.2) is 0 Å². The summed E-state index contributed by atoms with van der Waals surface area (Å²) in [7, 11) is 0. The van der Waals surface area contributed by atoms with Crippen LogP contribution in [0.4, 0.5) is 0 Å². The minimum atomic E-state index is -0.969. The molecule has 1 N–H and O–H groups in total. The Kier molecular flexibility index (Phi) is 4.50. The van der Waals surface area contributed by atoms with E-state index < -0.39 is 5.97 Å². The van der Waals surface area contributed by atoms with Gasteiger partial charge in [-0.1, -0.05) is 43.1 Å². The molecule has 0 spiro atoms. The summed E-state index contributed by atoms with van der Waals surface area (Å²) in [6, 6.07) is 6.00. The molecule has 0 atom stereocenters. The number of aromatic nitrogens is 1. The van der Waals surface area contributed by atoms with Crippen LogP contribution in [0.15, 0.2) is 24.3 Å². The summed E-state index contributed by atoms with van der Waals surface area (Å²) in [5, 5.41) is 10.4. The lowest BCUT2D eigenvalue weighted by Gasteiger charge is -2.07. The minimum absolute atomic E-state index is 0.611. The van der Waals surface area contributed by atoms with Crippen molar-refractivity contribution in [3.63, 3.8) is 0 Å². The van der Waals surface area contributed by atoms with E-state index in [9.17, 15) is 4.79 Å². The molecule has 1 heterocycles. The van der Waals surface area contributed by atoms with Crippen LogP contribution in [0.3, 0.4) is 0 Å². The van der Waals surface area contributed by atoms with Crippen molar-refractivity contribution in [2.45, 2.75) is 33.2 Å². The maximum absolute atomic E-state index is 10.7. The number of benzene rings is 1. The summed E-state index contributed by atoms with van der Waals surface area (Å²) in [6.45, 7) is 5.03. The van der Waals surface area contributed by atoms with Gasteiger partial charge in [-0.15, -0.1) is 0 Å². The number of fused-ring (bicyclic) bond motifs is 1. The normalized spacial score (nSPS) is 11.6. The second-order valence-corrected chi connectivity index (χ2v) is 5.21. The van der Waals surface area contributed by atoms with Crippen LogP contribution < -0.4 is 0 Å². The molecule has 0 amide bonds. The molecule has 1 aromatic heterocycles. The fourth-order valence-electron chi connectivity index (χ4n) is 2.43. The molecule has 0 saturated carbocycles. The van der Waals surface area contributed by atoms with Crippen LogP contribution >= 0.6 is 11.6 Å². The first-order valence-electron chi connectivity index (χ1n) is 6.74. The zero-order chi connectivity index (χ0) is 14.7. The zero-order valence-corrected chi connectivity index (χ0v) is 12.4. The number of rotatable bonds is 5. The minimum Gasteiger partial charge on any atom is -0.478 e. The Morgan fingerprint density at radius 2 is 2.20 bits per heavy atom. The van der Waals surface area contributed by atoms with Crippen molar-refractivity contribution in [2.24, 2.45) is 0 Å². The highest BCUT2D eigenvalue weighted by Gasteiger charge is 2.15. The van der Waals surface area contributed by atoms with Gasteiger partial charge < -0.3 is 9.67 Å². The van der Waals surface area contributed by atoms with Crippen molar-refractivity contribution in [1.82, 2.24) is 4.57 Å². The van der Waals surface area contributed by atoms with E-state index in [0.717, 1.165) is 47.5 Å². The van der Waals surface area contributed by atoms with Crippen LogP contribution in [0.2, 0.25) is 5.15 Å². The van der Waals surface area contributed by atoms with Gasteiger partial charge in [-0.05, 0) is 25.0 Å². The van der Waals surface area contributed by atoms with Gasteiger partial charge in [-0.3, -0.25) is 0 Å². The number of aryl methyl sites for hydroxylation is 2. The molecule has 0 fully saturated rings. The van der Waals surface area contributed by atoms with Crippen LogP contribution in [-0.4, -0.2) is 15.6 Å². The lowest BCUT2D eigenvalue weighted by atomic mass is 10.1. The molecule has 0 saturated heterocycles. The van der Waals surface area contributed by atoms with Crippen molar-refractivity contribution in [3.8, 4) is 0 Å². The predicted molar refractivity (Wildman–Crippen MR) is 83.3 cm³/mol. The second kappa shape index (κ2) is 6.14. The number of carboxylic acids is 1. The topological polar surface area (TPSA) is 42.2 Å². The number of carboxylic acid groups (broad SMARTS) is 1. The SMILES string of the molecule is CCCCn1c(Cl)c(/C=C/C(=O)O)c2cccc(C)c21. The Bertz CT molecular complexity index is 671. The van der Waals surface area contributed by atoms with E-state index in [2.05, 4.69) is 11.5 Å². The summed E-state index contributed by atoms with van der Waals surface area (Å²) in [6.07, 6.45) is 4.84. The highest BCUT2D eigenvalue weighted by atomic mass is 35.5. The molecule has 0 aliphatic carbocycles. The number of nitrogens with zero attached hydrogens (tertiary/aromatic N) is 1. The molecule has 2 rings (SSSR count). The molecule has 0 aliphatic rings. The fourth-order valence-corrected chi connectivity index (χ4v) is 2.76. The molecule has 3 nitrogen and oxygen atoms in total. The summed E-state index contributed by atoms with van der Waals surface area (Å²) in [4.78, 5) is 10.7. The van der Waals surface area contributed by atoms with Crippen LogP contribution in [0.5, 0.6) is 0 Å². The maximum Gasteiger partial charge on any atom is 0.328 e. The van der Waals surface area contributed by atoms with Gasteiger partial charge in [0.05, 0.1) is 5.52 Å². The first-order chi connectivity index (χ1) is 9.56. The van der Waals surface area contributed by atoms with E-state index in [1.165, 1.54) is 0 Å². The fraction of sp³-hybridized carbons (Fsp3) is 0.312. The second-order valence-electron chi connectivity index (χ2n) is 4.85. The monoisotopic (exact) mass is 291 g/mol. The number of unbranched alkanes of at least 4 members (excludes halogenated alkanes) is 1. The van der Waals surface area contributed by atoms with Crippen LogP contribution in [-0.2, 0) is 11.3 Å². The third-order valence-electron chi connectivity index (χ3n) is 3.38. The highest BCUT2D eigenvalue weighted by molar-refractivity contribution is 6.33. The summed E-state index contributed by atoms with van der Waals surface area (Å²) < 4.78 is 2.08. The van der Waals surface area contributed by atoms with Crippen molar-refractivity contribution in [3.05, 3.63) is 40.6 Å². The molecule has 4 heteroatoms. The molecule has 0 unspecified atom stereocenters. The molecule has 0 aliphatic heterocycles. The molecular formula is C16H18ClNO2. The van der Waals surface area contributed by atoms with E-state index >= 15 is 0 Å². The first-order valence-corrected chi connectivity index (χ1v) is 7.12. The first kappa shape index (κ1) is 14.7. The molecule has 0 radical (unpaired) electrons. The molecule has 20 heavy (non-hydrogen) atoms. The maximum atomic E-state index is 10.7. The molecule has 106 valence electrons. The smallest absolute Gasteiger partial charge is 0.328 e. The van der Waals surface area contributed by atoms with Crippen molar-refractivity contribution in [1.29, 1.82) is 0 Å². The Morgan fingerprint density at radius 3 is 2.85 bits per heavy atom. The summed E-state index contributed by atoms with van der Waals surface area (Å²) in [5.41, 5.74) is 3.02. The average molecular weight is 292 g/mol. The zero-order valence-electron chi connectivity index (χ0n) is 11.7. The number of para-hydroxylation sites is 1. The molecule has 2 aromatic rings. The Labute approximate surface area is 123 Å². The largest absolute Gasteiger partial charge is 0.478 e. The number of aliphatic carboxylic acids is 1. The molecule has 0 bridgehead atoms. The predicted octanol–water partition coefficient (Wildman–Crippen LogP) is 4.50. The van der Waals surface area contributed by atoms with E-state index in [0.29, 0.717) is 5.15 Å². The number of hydrogen-bond donors (Lipinski definition) is 1. The van der Waals surface area contributed by atoms with Gasteiger partial charge in [0, 0.05) is 23.6 Å². The lowest BCUT2D eigenvalue weighted by Crippen LogP contribution is -1.98. The van der Waals surface area contributed by atoms with Gasteiger partial charge in [0.1, 0.15) is 5.15 Å². The third kappa shape index (κ3) is 2.73. The lowest BCUT2D eigenvalue weighted by molar-refractivity contribution is -0.131. The van der Waals surface area contributed by atoms with Crippen molar-refractivity contribution >= 4 is 34.5 Å². The van der Waals surface area contributed by atoms with E-state index in [1.54, 1.807) is 6.08 Å². The number of halogens is 1. The van der Waals surface area contributed by atoms with E-state index in [4.69, 9.17) is 16.7 Å². The highest BCUT2D eigenvalue weighted by Crippen LogP contribution is 2.33. The standard InChI is InChI=1S/C16H18ClNO2/c1-3-4-10-18-15-11(2)6-5-7-12(15)13(16(18)17)8-9-14(19)20/h5-9H,3-4,10H2,1-2H3,(H,19,20)/b9-8+. The Morgan fingerprint density at radius 1 is 1.45 bits per heavy atom. The Hall–Kier alpha value is -1.74. The van der Waals surface area contributed by atoms with Gasteiger partial charge in [0.25, 0.3) is 0 Å². The molecular weight excluding hydrogens is 274 g/mol. The van der Waals surface area contributed by atoms with Crippen molar-refractivity contribution in [2.75, 3.05) is 0 Å². The van der Waals surface area contributed by atoms with Gasteiger partial charge in [0.2, 0.25) is 0 Å². The quantitative estimate of drug-likeness (QED) is 0.824. The summed E-state index contributed by atoms with van der Waals surface area (Å²) in [5.74, 6) is -0.969.